The van der Waals surface area contributed by atoms with Crippen molar-refractivity contribution in [1.29, 1.82) is 0 Å². The molecule has 1 amide bonds. The number of aliphatic hydroxyl groups excluding tert-OH is 2. The van der Waals surface area contributed by atoms with Gasteiger partial charge in [0.2, 0.25) is 5.91 Å². The molecule has 0 aromatic rings. The minimum atomic E-state index is -0.843. The summed E-state index contributed by atoms with van der Waals surface area (Å²) in [6, 6.07) is -0.626. The molecule has 0 aliphatic rings. The van der Waals surface area contributed by atoms with E-state index in [-0.39, 0.29) is 18.5 Å². The third kappa shape index (κ3) is 67.1. The number of rotatable bonds is 69. The van der Waals surface area contributed by atoms with Gasteiger partial charge in [-0.25, -0.2) is 0 Å². The molecule has 0 aromatic carbocycles. The molecule has 6 heteroatoms. The number of amides is 1. The molecule has 0 saturated carbocycles. The van der Waals surface area contributed by atoms with Crippen molar-refractivity contribution in [1.82, 2.24) is 5.32 Å². The summed E-state index contributed by atoms with van der Waals surface area (Å²) < 4.78 is 5.49. The van der Waals surface area contributed by atoms with Gasteiger partial charge in [-0.15, -0.1) is 0 Å². The number of ether oxygens (including phenoxy) is 1. The zero-order valence-electron chi connectivity index (χ0n) is 54.8. The normalized spacial score (nSPS) is 12.7. The molecule has 0 bridgehead atoms. The molecular weight excluding hydrogens is 995 g/mol. The van der Waals surface area contributed by atoms with E-state index >= 15 is 0 Å². The van der Waals surface area contributed by atoms with Crippen LogP contribution in [-0.2, 0) is 14.3 Å². The molecule has 0 aliphatic carbocycles. The number of nitrogens with one attached hydrogen (secondary N) is 1. The second kappa shape index (κ2) is 70.6. The highest BCUT2D eigenvalue weighted by Crippen LogP contribution is 2.19. The van der Waals surface area contributed by atoms with Gasteiger partial charge in [0.05, 0.1) is 25.4 Å². The number of hydrogen-bond donors (Lipinski definition) is 3. The third-order valence-electron chi connectivity index (χ3n) is 17.2. The van der Waals surface area contributed by atoms with Gasteiger partial charge in [0.15, 0.2) is 0 Å². The van der Waals surface area contributed by atoms with E-state index in [1.165, 1.54) is 327 Å². The molecule has 0 spiro atoms. The van der Waals surface area contributed by atoms with Gasteiger partial charge in [0.1, 0.15) is 0 Å². The highest BCUT2D eigenvalue weighted by atomic mass is 16.5. The third-order valence-corrected chi connectivity index (χ3v) is 17.2. The van der Waals surface area contributed by atoms with Crippen molar-refractivity contribution in [3.05, 3.63) is 36.5 Å². The van der Waals surface area contributed by atoms with Crippen molar-refractivity contribution >= 4 is 11.9 Å². The van der Waals surface area contributed by atoms with E-state index in [9.17, 15) is 19.8 Å². The number of hydrogen-bond acceptors (Lipinski definition) is 5. The van der Waals surface area contributed by atoms with E-state index in [1.54, 1.807) is 6.08 Å². The molecule has 81 heavy (non-hydrogen) atoms. The molecule has 0 aromatic heterocycles. The fourth-order valence-corrected chi connectivity index (χ4v) is 11.6. The van der Waals surface area contributed by atoms with Gasteiger partial charge < -0.3 is 20.3 Å². The minimum Gasteiger partial charge on any atom is -0.466 e. The van der Waals surface area contributed by atoms with Gasteiger partial charge in [-0.1, -0.05) is 365 Å². The van der Waals surface area contributed by atoms with Crippen molar-refractivity contribution in [2.45, 2.75) is 418 Å². The molecule has 478 valence electrons. The van der Waals surface area contributed by atoms with Crippen LogP contribution in [0, 0.1) is 0 Å². The summed E-state index contributed by atoms with van der Waals surface area (Å²) in [4.78, 5) is 24.6. The minimum absolute atomic E-state index is 0.00616. The van der Waals surface area contributed by atoms with Gasteiger partial charge in [-0.05, 0) is 64.2 Å². The number of carbonyl (C=O) groups is 2. The maximum Gasteiger partial charge on any atom is 0.305 e. The number of allylic oxidation sites excluding steroid dienone is 5. The smallest absolute Gasteiger partial charge is 0.305 e. The van der Waals surface area contributed by atoms with Crippen molar-refractivity contribution in [3.8, 4) is 0 Å². The first-order chi connectivity index (χ1) is 40.0. The van der Waals surface area contributed by atoms with E-state index < -0.39 is 12.1 Å². The maximum atomic E-state index is 12.5. The molecule has 2 unspecified atom stereocenters. The summed E-state index contributed by atoms with van der Waals surface area (Å²) in [5.41, 5.74) is 0. The topological polar surface area (TPSA) is 95.9 Å². The van der Waals surface area contributed by atoms with Crippen LogP contribution in [0.15, 0.2) is 36.5 Å². The zero-order valence-corrected chi connectivity index (χ0v) is 54.8. The Morgan fingerprint density at radius 2 is 0.617 bits per heavy atom. The van der Waals surface area contributed by atoms with Crippen LogP contribution in [-0.4, -0.2) is 47.4 Å². The summed E-state index contributed by atoms with van der Waals surface area (Å²) in [7, 11) is 0. The van der Waals surface area contributed by atoms with Gasteiger partial charge in [0.25, 0.3) is 0 Å². The molecule has 0 heterocycles. The summed E-state index contributed by atoms with van der Waals surface area (Å²) in [6.07, 6.45) is 90.9. The van der Waals surface area contributed by atoms with Crippen LogP contribution in [0.25, 0.3) is 0 Å². The Balaban J connectivity index is 3.36. The van der Waals surface area contributed by atoms with Crippen molar-refractivity contribution < 1.29 is 24.5 Å². The van der Waals surface area contributed by atoms with Crippen LogP contribution in [0.3, 0.4) is 0 Å². The monoisotopic (exact) mass is 1140 g/mol. The fraction of sp³-hybridized carbons (Fsp3) is 0.893. The highest BCUT2D eigenvalue weighted by Gasteiger charge is 2.18. The molecular formula is C75H143NO5. The first-order valence-corrected chi connectivity index (χ1v) is 36.8. The van der Waals surface area contributed by atoms with Gasteiger partial charge in [-0.3, -0.25) is 9.59 Å². The molecule has 0 radical (unpaired) electrons. The predicted molar refractivity (Wildman–Crippen MR) is 356 cm³/mol. The number of unbranched alkanes of at least 4 members (excludes halogenated alkanes) is 54. The summed E-state index contributed by atoms with van der Waals surface area (Å²) in [5.74, 6) is -0.0548. The lowest BCUT2D eigenvalue weighted by atomic mass is 10.0. The highest BCUT2D eigenvalue weighted by molar-refractivity contribution is 5.76. The molecule has 0 fully saturated rings. The van der Waals surface area contributed by atoms with E-state index in [4.69, 9.17) is 4.74 Å². The van der Waals surface area contributed by atoms with Crippen LogP contribution in [0.1, 0.15) is 406 Å². The Morgan fingerprint density at radius 3 is 0.951 bits per heavy atom. The Bertz CT molecular complexity index is 1310. The largest absolute Gasteiger partial charge is 0.466 e. The first kappa shape index (κ1) is 79.1. The Kier molecular flexibility index (Phi) is 68.9. The average Bonchev–Trinajstić information content (AvgIpc) is 3.47. The quantitative estimate of drug-likeness (QED) is 0.0320. The summed E-state index contributed by atoms with van der Waals surface area (Å²) in [5, 5.41) is 23.2. The zero-order chi connectivity index (χ0) is 58.5. The second-order valence-corrected chi connectivity index (χ2v) is 25.3. The van der Waals surface area contributed by atoms with E-state index in [1.807, 2.05) is 6.08 Å². The second-order valence-electron chi connectivity index (χ2n) is 25.3. The SMILES string of the molecule is CCCCCC/C=C\C/C=C\CCCCCCCC(=O)OCCCCCCCCCCCCCCCCCCCCCCCCCCCCCCCC(=O)NC(CO)C(O)/C=C/CCCCCCCCCCCCCCCCCCC. The maximum absolute atomic E-state index is 12.5. The fourth-order valence-electron chi connectivity index (χ4n) is 11.6. The van der Waals surface area contributed by atoms with E-state index in [2.05, 4.69) is 43.5 Å². The van der Waals surface area contributed by atoms with Crippen LogP contribution in [0.4, 0.5) is 0 Å². The number of esters is 1. The Labute approximate surface area is 506 Å². The number of aliphatic hydroxyl groups is 2. The Hall–Kier alpha value is -1.92. The Morgan fingerprint density at radius 1 is 0.346 bits per heavy atom. The number of carbonyl (C=O) groups excluding carboxylic acids is 2. The molecule has 0 rings (SSSR count). The van der Waals surface area contributed by atoms with Crippen LogP contribution in [0.5, 0.6) is 0 Å². The first-order valence-electron chi connectivity index (χ1n) is 36.8. The lowest BCUT2D eigenvalue weighted by Gasteiger charge is -2.20. The van der Waals surface area contributed by atoms with Crippen molar-refractivity contribution in [2.75, 3.05) is 13.2 Å². The summed E-state index contributed by atoms with van der Waals surface area (Å²) in [6.45, 7) is 4.92. The van der Waals surface area contributed by atoms with Crippen LogP contribution < -0.4 is 5.32 Å². The molecule has 6 nitrogen and oxygen atoms in total. The lowest BCUT2D eigenvalue weighted by molar-refractivity contribution is -0.143. The van der Waals surface area contributed by atoms with Gasteiger partial charge in [0, 0.05) is 12.8 Å². The van der Waals surface area contributed by atoms with Crippen LogP contribution >= 0.6 is 0 Å². The van der Waals surface area contributed by atoms with E-state index in [0.717, 1.165) is 51.4 Å². The predicted octanol–water partition coefficient (Wildman–Crippen LogP) is 23.9. The van der Waals surface area contributed by atoms with Crippen molar-refractivity contribution in [2.24, 2.45) is 0 Å². The van der Waals surface area contributed by atoms with Gasteiger partial charge in [-0.2, -0.15) is 0 Å². The van der Waals surface area contributed by atoms with Crippen LogP contribution in [0.2, 0.25) is 0 Å². The van der Waals surface area contributed by atoms with Crippen molar-refractivity contribution in [3.63, 3.8) is 0 Å². The summed E-state index contributed by atoms with van der Waals surface area (Å²) >= 11 is 0. The molecule has 2 atom stereocenters. The molecule has 0 aliphatic heterocycles. The molecule has 0 saturated heterocycles. The average molecular weight is 1140 g/mol. The van der Waals surface area contributed by atoms with Gasteiger partial charge >= 0.3 is 5.97 Å². The lowest BCUT2D eigenvalue weighted by Crippen LogP contribution is -2.45. The van der Waals surface area contributed by atoms with E-state index in [0.29, 0.717) is 19.4 Å². The standard InChI is InChI=1S/C75H143NO5/c1-3-5-7-9-11-13-15-17-19-21-33-36-39-43-47-51-55-59-63-67-73(78)72(71-77)76-74(79)68-64-60-56-52-48-44-40-37-34-31-29-27-25-23-22-24-26-28-30-32-35-38-42-46-50-54-58-62-66-70-81-75(80)69-65-61-57-53-49-45-41-20-18-16-14-12-10-8-6-4-2/h14,16,20,41,63,67,72-73,77-78H,3-13,15,17-19,21-40,42-62,64-66,68-71H2,1-2H3,(H,76,79)/b16-14-,41-20-,67-63+. The molecule has 3 N–H and O–H groups in total.